The van der Waals surface area contributed by atoms with E-state index in [0.29, 0.717) is 0 Å². The van der Waals surface area contributed by atoms with E-state index in [9.17, 15) is 4.79 Å². The Balaban J connectivity index is 2.06. The lowest BCUT2D eigenvalue weighted by Crippen LogP contribution is -2.37. The van der Waals surface area contributed by atoms with E-state index >= 15 is 0 Å². The molecule has 0 amide bonds. The first-order valence-corrected chi connectivity index (χ1v) is 6.25. The summed E-state index contributed by atoms with van der Waals surface area (Å²) >= 11 is 0. The molecule has 0 aliphatic carbocycles. The third kappa shape index (κ3) is 2.54. The van der Waals surface area contributed by atoms with Crippen LogP contribution < -0.4 is 5.73 Å². The molecule has 3 unspecified atom stereocenters. The van der Waals surface area contributed by atoms with Crippen molar-refractivity contribution >= 4 is 5.97 Å². The number of carbonyl (C=O) groups excluding carboxylic acids is 1. The normalized spacial score (nSPS) is 28.3. The van der Waals surface area contributed by atoms with Crippen molar-refractivity contribution in [2.24, 2.45) is 11.7 Å². The van der Waals surface area contributed by atoms with E-state index in [2.05, 4.69) is 17.0 Å². The predicted molar refractivity (Wildman–Crippen MR) is 69.8 cm³/mol. The van der Waals surface area contributed by atoms with Crippen molar-refractivity contribution in [3.63, 3.8) is 0 Å². The van der Waals surface area contributed by atoms with Gasteiger partial charge in [-0.25, -0.2) is 0 Å². The number of rotatable bonds is 3. The average Bonchev–Trinajstić information content (AvgIpc) is 2.65. The van der Waals surface area contributed by atoms with E-state index < -0.39 is 0 Å². The van der Waals surface area contributed by atoms with Crippen LogP contribution in [0, 0.1) is 5.92 Å². The fourth-order valence-corrected chi connectivity index (χ4v) is 2.67. The number of hydrogen-bond acceptors (Lipinski definition) is 4. The number of nitrogens with zero attached hydrogens (tertiary/aromatic N) is 1. The number of carbonyl (C=O) groups is 1. The van der Waals surface area contributed by atoms with Gasteiger partial charge in [0.05, 0.1) is 13.0 Å². The molecule has 0 saturated carbocycles. The first-order valence-electron chi connectivity index (χ1n) is 6.25. The molecule has 1 fully saturated rings. The van der Waals surface area contributed by atoms with Gasteiger partial charge in [0, 0.05) is 25.2 Å². The van der Waals surface area contributed by atoms with Gasteiger partial charge in [0.25, 0.3) is 0 Å². The molecule has 1 aromatic rings. The fraction of sp³-hybridized carbons (Fsp3) is 0.500. The van der Waals surface area contributed by atoms with Gasteiger partial charge in [-0.3, -0.25) is 9.69 Å². The Bertz CT molecular complexity index is 408. The summed E-state index contributed by atoms with van der Waals surface area (Å²) in [5.74, 6) is -0.427. The molecule has 98 valence electrons. The van der Waals surface area contributed by atoms with Crippen LogP contribution in [0.1, 0.15) is 12.5 Å². The molecule has 2 N–H and O–H groups in total. The molecule has 2 rings (SSSR count). The van der Waals surface area contributed by atoms with Crippen LogP contribution in [0.15, 0.2) is 30.3 Å². The number of ether oxygens (including phenoxy) is 1. The lowest BCUT2D eigenvalue weighted by atomic mass is 9.98. The Morgan fingerprint density at radius 3 is 2.72 bits per heavy atom. The lowest BCUT2D eigenvalue weighted by molar-refractivity contribution is -0.146. The molecule has 0 radical (unpaired) electrons. The highest BCUT2D eigenvalue weighted by Gasteiger charge is 2.42. The van der Waals surface area contributed by atoms with Crippen LogP contribution in [0.4, 0.5) is 0 Å². The zero-order chi connectivity index (χ0) is 13.1. The number of methoxy groups -OCH3 is 1. The van der Waals surface area contributed by atoms with Crippen molar-refractivity contribution in [3.8, 4) is 0 Å². The number of esters is 1. The minimum Gasteiger partial charge on any atom is -0.469 e. The van der Waals surface area contributed by atoms with Crippen LogP contribution in [-0.2, 0) is 16.1 Å². The molecular weight excluding hydrogens is 228 g/mol. The van der Waals surface area contributed by atoms with Gasteiger partial charge in [0.2, 0.25) is 0 Å². The molecule has 1 saturated heterocycles. The Morgan fingerprint density at radius 1 is 1.44 bits per heavy atom. The minimum absolute atomic E-state index is 0.118. The van der Waals surface area contributed by atoms with Crippen LogP contribution in [0.3, 0.4) is 0 Å². The Hall–Kier alpha value is -1.39. The first-order chi connectivity index (χ1) is 8.63. The Labute approximate surface area is 108 Å². The zero-order valence-corrected chi connectivity index (χ0v) is 10.9. The molecule has 0 bridgehead atoms. The molecule has 18 heavy (non-hydrogen) atoms. The number of likely N-dealkylation sites (tertiary alicyclic amines) is 1. The quantitative estimate of drug-likeness (QED) is 0.811. The number of benzene rings is 1. The standard InChI is InChI=1S/C14H20N2O2/c1-10-13(14(17)18-2)12(15)9-16(10)8-11-6-4-3-5-7-11/h3-7,10,12-13H,8-9,15H2,1-2H3. The van der Waals surface area contributed by atoms with Crippen molar-refractivity contribution in [2.75, 3.05) is 13.7 Å². The summed E-state index contributed by atoms with van der Waals surface area (Å²) in [5, 5.41) is 0. The van der Waals surface area contributed by atoms with Crippen LogP contribution in [-0.4, -0.2) is 36.6 Å². The van der Waals surface area contributed by atoms with Crippen LogP contribution >= 0.6 is 0 Å². The van der Waals surface area contributed by atoms with Crippen LogP contribution in [0.5, 0.6) is 0 Å². The molecule has 1 aliphatic rings. The topological polar surface area (TPSA) is 55.6 Å². The summed E-state index contributed by atoms with van der Waals surface area (Å²) in [6, 6.07) is 10.2. The highest BCUT2D eigenvalue weighted by Crippen LogP contribution is 2.26. The maximum atomic E-state index is 11.7. The summed E-state index contributed by atoms with van der Waals surface area (Å²) < 4.78 is 4.83. The third-order valence-corrected chi connectivity index (χ3v) is 3.70. The summed E-state index contributed by atoms with van der Waals surface area (Å²) in [7, 11) is 1.42. The number of hydrogen-bond donors (Lipinski definition) is 1. The summed E-state index contributed by atoms with van der Waals surface area (Å²) in [6.07, 6.45) is 0. The van der Waals surface area contributed by atoms with Gasteiger partial charge >= 0.3 is 5.97 Å². The monoisotopic (exact) mass is 248 g/mol. The molecule has 0 aromatic heterocycles. The molecule has 4 nitrogen and oxygen atoms in total. The van der Waals surface area contributed by atoms with E-state index in [0.717, 1.165) is 13.1 Å². The Kier molecular flexibility index (Phi) is 3.99. The molecule has 0 spiro atoms. The molecular formula is C14H20N2O2. The van der Waals surface area contributed by atoms with Gasteiger partial charge in [-0.15, -0.1) is 0 Å². The SMILES string of the molecule is COC(=O)C1C(N)CN(Cc2ccccc2)C1C. The van der Waals surface area contributed by atoms with Crippen LogP contribution in [0.25, 0.3) is 0 Å². The van der Waals surface area contributed by atoms with E-state index in [1.807, 2.05) is 25.1 Å². The van der Waals surface area contributed by atoms with Gasteiger partial charge in [0.1, 0.15) is 0 Å². The summed E-state index contributed by atoms with van der Waals surface area (Å²) in [5.41, 5.74) is 7.29. The Morgan fingerprint density at radius 2 is 2.11 bits per heavy atom. The van der Waals surface area contributed by atoms with Gasteiger partial charge in [-0.2, -0.15) is 0 Å². The van der Waals surface area contributed by atoms with Crippen molar-refractivity contribution in [2.45, 2.75) is 25.6 Å². The van der Waals surface area contributed by atoms with Crippen LogP contribution in [0.2, 0.25) is 0 Å². The van der Waals surface area contributed by atoms with Gasteiger partial charge in [-0.1, -0.05) is 30.3 Å². The van der Waals surface area contributed by atoms with Crippen molar-refractivity contribution < 1.29 is 9.53 Å². The average molecular weight is 248 g/mol. The highest BCUT2D eigenvalue weighted by molar-refractivity contribution is 5.74. The van der Waals surface area contributed by atoms with E-state index in [4.69, 9.17) is 10.5 Å². The second kappa shape index (κ2) is 5.50. The van der Waals surface area contributed by atoms with Crippen molar-refractivity contribution in [1.29, 1.82) is 0 Å². The summed E-state index contributed by atoms with van der Waals surface area (Å²) in [6.45, 7) is 3.59. The second-order valence-corrected chi connectivity index (χ2v) is 4.87. The highest BCUT2D eigenvalue weighted by atomic mass is 16.5. The fourth-order valence-electron chi connectivity index (χ4n) is 2.67. The largest absolute Gasteiger partial charge is 0.469 e. The second-order valence-electron chi connectivity index (χ2n) is 4.87. The smallest absolute Gasteiger partial charge is 0.311 e. The summed E-state index contributed by atoms with van der Waals surface area (Å²) in [4.78, 5) is 13.9. The molecule has 1 heterocycles. The molecule has 1 aromatic carbocycles. The molecule has 3 atom stereocenters. The predicted octanol–water partition coefficient (Wildman–Crippen LogP) is 1.01. The maximum Gasteiger partial charge on any atom is 0.311 e. The molecule has 4 heteroatoms. The van der Waals surface area contributed by atoms with Crippen molar-refractivity contribution in [1.82, 2.24) is 4.90 Å². The lowest BCUT2D eigenvalue weighted by Gasteiger charge is -2.23. The van der Waals surface area contributed by atoms with E-state index in [1.54, 1.807) is 0 Å². The molecule has 1 aliphatic heterocycles. The van der Waals surface area contributed by atoms with E-state index in [-0.39, 0.29) is 24.0 Å². The number of nitrogens with two attached hydrogens (primary N) is 1. The van der Waals surface area contributed by atoms with Crippen molar-refractivity contribution in [3.05, 3.63) is 35.9 Å². The maximum absolute atomic E-state index is 11.7. The third-order valence-electron chi connectivity index (χ3n) is 3.70. The first kappa shape index (κ1) is 13.1. The minimum atomic E-state index is -0.223. The van der Waals surface area contributed by atoms with Gasteiger partial charge in [0.15, 0.2) is 0 Å². The van der Waals surface area contributed by atoms with Gasteiger partial charge < -0.3 is 10.5 Å². The van der Waals surface area contributed by atoms with Gasteiger partial charge in [-0.05, 0) is 12.5 Å². The van der Waals surface area contributed by atoms with E-state index in [1.165, 1.54) is 12.7 Å². The zero-order valence-electron chi connectivity index (χ0n) is 10.9.